The summed E-state index contributed by atoms with van der Waals surface area (Å²) in [5, 5.41) is 2.72. The Morgan fingerprint density at radius 2 is 1.85 bits per heavy atom. The average molecular weight is 179 g/mol. The largest absolute Gasteiger partial charge is 0.323 e. The van der Waals surface area contributed by atoms with E-state index in [4.69, 9.17) is 0 Å². The minimum atomic E-state index is -0.393. The molecule has 0 unspecified atom stereocenters. The zero-order chi connectivity index (χ0) is 9.90. The van der Waals surface area contributed by atoms with Gasteiger partial charge >= 0.3 is 0 Å². The van der Waals surface area contributed by atoms with E-state index in [9.17, 15) is 4.79 Å². The minimum Gasteiger partial charge on any atom is -0.323 e. The smallest absolute Gasteiger partial charge is 0.229 e. The summed E-state index contributed by atoms with van der Waals surface area (Å²) in [7, 11) is 0. The van der Waals surface area contributed by atoms with Crippen molar-refractivity contribution in [3.05, 3.63) is 18.7 Å². The standard InChI is InChI=1S/C9H13N3O/c1-9(2,3)8(13)12-7-4-10-6-11-5-7/h4-6H,1-3H3,(H,12,13). The zero-order valence-electron chi connectivity index (χ0n) is 8.03. The van der Waals surface area contributed by atoms with E-state index in [0.717, 1.165) is 0 Å². The first-order valence-corrected chi connectivity index (χ1v) is 4.06. The quantitative estimate of drug-likeness (QED) is 0.710. The van der Waals surface area contributed by atoms with Crippen molar-refractivity contribution >= 4 is 11.6 Å². The van der Waals surface area contributed by atoms with Crippen molar-refractivity contribution in [3.63, 3.8) is 0 Å². The molecule has 1 aromatic rings. The lowest BCUT2D eigenvalue weighted by atomic mass is 9.96. The molecule has 0 saturated carbocycles. The van der Waals surface area contributed by atoms with Crippen molar-refractivity contribution in [3.8, 4) is 0 Å². The maximum absolute atomic E-state index is 11.5. The highest BCUT2D eigenvalue weighted by molar-refractivity contribution is 5.94. The van der Waals surface area contributed by atoms with Gasteiger partial charge in [0.05, 0.1) is 18.1 Å². The summed E-state index contributed by atoms with van der Waals surface area (Å²) in [6, 6.07) is 0. The molecule has 0 radical (unpaired) electrons. The molecule has 0 aliphatic heterocycles. The molecule has 0 atom stereocenters. The Balaban J connectivity index is 2.66. The average Bonchev–Trinajstić information content (AvgIpc) is 2.04. The van der Waals surface area contributed by atoms with Gasteiger partial charge in [0.2, 0.25) is 5.91 Å². The van der Waals surface area contributed by atoms with Crippen molar-refractivity contribution < 1.29 is 4.79 Å². The summed E-state index contributed by atoms with van der Waals surface area (Å²) >= 11 is 0. The number of rotatable bonds is 1. The number of nitrogens with zero attached hydrogens (tertiary/aromatic N) is 2. The summed E-state index contributed by atoms with van der Waals surface area (Å²) in [5.74, 6) is -0.0395. The van der Waals surface area contributed by atoms with Crippen molar-refractivity contribution in [1.82, 2.24) is 9.97 Å². The highest BCUT2D eigenvalue weighted by atomic mass is 16.2. The SMILES string of the molecule is CC(C)(C)C(=O)Nc1cncnc1. The van der Waals surface area contributed by atoms with Gasteiger partial charge in [-0.1, -0.05) is 20.8 Å². The Morgan fingerprint density at radius 1 is 1.31 bits per heavy atom. The summed E-state index contributed by atoms with van der Waals surface area (Å²) in [4.78, 5) is 19.1. The molecule has 0 fully saturated rings. The number of hydrogen-bond acceptors (Lipinski definition) is 3. The first-order chi connectivity index (χ1) is 6.00. The van der Waals surface area contributed by atoms with Crippen LogP contribution in [0.3, 0.4) is 0 Å². The number of nitrogens with one attached hydrogen (secondary N) is 1. The normalized spacial score (nSPS) is 11.0. The second kappa shape index (κ2) is 3.51. The van der Waals surface area contributed by atoms with E-state index < -0.39 is 5.41 Å². The molecule has 1 rings (SSSR count). The molecule has 1 heterocycles. The molecule has 0 spiro atoms. The van der Waals surface area contributed by atoms with Crippen molar-refractivity contribution in [2.45, 2.75) is 20.8 Å². The maximum atomic E-state index is 11.5. The second-order valence-electron chi connectivity index (χ2n) is 3.83. The number of carbonyl (C=O) groups is 1. The number of aromatic nitrogens is 2. The molecule has 4 nitrogen and oxygen atoms in total. The molecule has 4 heteroatoms. The van der Waals surface area contributed by atoms with Crippen molar-refractivity contribution in [2.75, 3.05) is 5.32 Å². The Kier molecular flexibility index (Phi) is 2.60. The van der Waals surface area contributed by atoms with E-state index in [1.54, 1.807) is 12.4 Å². The molecule has 0 aliphatic carbocycles. The van der Waals surface area contributed by atoms with Gasteiger partial charge in [-0.15, -0.1) is 0 Å². The third-order valence-electron chi connectivity index (χ3n) is 1.50. The number of carbonyl (C=O) groups excluding carboxylic acids is 1. The molecule has 1 aromatic heterocycles. The zero-order valence-corrected chi connectivity index (χ0v) is 8.03. The second-order valence-corrected chi connectivity index (χ2v) is 3.83. The summed E-state index contributed by atoms with van der Waals surface area (Å²) in [6.07, 6.45) is 4.56. The van der Waals surface area contributed by atoms with Crippen LogP contribution in [0, 0.1) is 5.41 Å². The van der Waals surface area contributed by atoms with Crippen LogP contribution < -0.4 is 5.32 Å². The van der Waals surface area contributed by atoms with Crippen LogP contribution in [0.2, 0.25) is 0 Å². The number of anilines is 1. The molecular weight excluding hydrogens is 166 g/mol. The highest BCUT2D eigenvalue weighted by Gasteiger charge is 2.20. The Bertz CT molecular complexity index is 289. The van der Waals surface area contributed by atoms with Crippen LogP contribution >= 0.6 is 0 Å². The molecule has 1 N–H and O–H groups in total. The highest BCUT2D eigenvalue weighted by Crippen LogP contribution is 2.15. The molecule has 0 aliphatic rings. The van der Waals surface area contributed by atoms with E-state index in [-0.39, 0.29) is 5.91 Å². The molecule has 70 valence electrons. The molecule has 0 saturated heterocycles. The van der Waals surface area contributed by atoms with Gasteiger partial charge in [0, 0.05) is 5.41 Å². The van der Waals surface area contributed by atoms with E-state index in [1.807, 2.05) is 20.8 Å². The van der Waals surface area contributed by atoms with E-state index >= 15 is 0 Å². The summed E-state index contributed by atoms with van der Waals surface area (Å²) < 4.78 is 0. The van der Waals surface area contributed by atoms with Crippen LogP contribution in [0.15, 0.2) is 18.7 Å². The lowest BCUT2D eigenvalue weighted by Crippen LogP contribution is -2.27. The third-order valence-corrected chi connectivity index (χ3v) is 1.50. The van der Waals surface area contributed by atoms with Gasteiger partial charge in [-0.3, -0.25) is 4.79 Å². The Morgan fingerprint density at radius 3 is 2.31 bits per heavy atom. The lowest BCUT2D eigenvalue weighted by molar-refractivity contribution is -0.123. The third kappa shape index (κ3) is 2.82. The van der Waals surface area contributed by atoms with Gasteiger partial charge in [0.15, 0.2) is 0 Å². The molecular formula is C9H13N3O. The molecule has 0 aromatic carbocycles. The van der Waals surface area contributed by atoms with Crippen molar-refractivity contribution in [2.24, 2.45) is 5.41 Å². The Labute approximate surface area is 77.4 Å². The molecule has 13 heavy (non-hydrogen) atoms. The molecule has 0 bridgehead atoms. The summed E-state index contributed by atoms with van der Waals surface area (Å²) in [6.45, 7) is 5.56. The first kappa shape index (κ1) is 9.64. The van der Waals surface area contributed by atoms with Crippen LogP contribution in [0.5, 0.6) is 0 Å². The van der Waals surface area contributed by atoms with E-state index in [1.165, 1.54) is 6.33 Å². The number of amides is 1. The lowest BCUT2D eigenvalue weighted by Gasteiger charge is -2.16. The van der Waals surface area contributed by atoms with Crippen LogP contribution in [0.1, 0.15) is 20.8 Å². The van der Waals surface area contributed by atoms with E-state index in [2.05, 4.69) is 15.3 Å². The van der Waals surface area contributed by atoms with Gasteiger partial charge in [-0.25, -0.2) is 9.97 Å². The summed E-state index contributed by atoms with van der Waals surface area (Å²) in [5.41, 5.74) is 0.234. The van der Waals surface area contributed by atoms with Crippen LogP contribution in [-0.2, 0) is 4.79 Å². The maximum Gasteiger partial charge on any atom is 0.229 e. The fourth-order valence-electron chi connectivity index (χ4n) is 0.682. The van der Waals surface area contributed by atoms with Crippen molar-refractivity contribution in [1.29, 1.82) is 0 Å². The monoisotopic (exact) mass is 179 g/mol. The first-order valence-electron chi connectivity index (χ1n) is 4.06. The van der Waals surface area contributed by atoms with Gasteiger partial charge in [-0.2, -0.15) is 0 Å². The molecule has 1 amide bonds. The van der Waals surface area contributed by atoms with Crippen LogP contribution in [0.4, 0.5) is 5.69 Å². The van der Waals surface area contributed by atoms with Crippen LogP contribution in [0.25, 0.3) is 0 Å². The van der Waals surface area contributed by atoms with Gasteiger partial charge in [0.25, 0.3) is 0 Å². The van der Waals surface area contributed by atoms with E-state index in [0.29, 0.717) is 5.69 Å². The Hall–Kier alpha value is -1.45. The predicted molar refractivity (Wildman–Crippen MR) is 50.1 cm³/mol. The fraction of sp³-hybridized carbons (Fsp3) is 0.444. The van der Waals surface area contributed by atoms with Gasteiger partial charge in [-0.05, 0) is 0 Å². The predicted octanol–water partition coefficient (Wildman–Crippen LogP) is 1.46. The topological polar surface area (TPSA) is 54.9 Å². The van der Waals surface area contributed by atoms with Gasteiger partial charge in [0.1, 0.15) is 6.33 Å². The minimum absolute atomic E-state index is 0.0395. The fourth-order valence-corrected chi connectivity index (χ4v) is 0.682. The van der Waals surface area contributed by atoms with Gasteiger partial charge < -0.3 is 5.32 Å². The number of hydrogen-bond donors (Lipinski definition) is 1. The van der Waals surface area contributed by atoms with Crippen LogP contribution in [-0.4, -0.2) is 15.9 Å².